The third-order valence-corrected chi connectivity index (χ3v) is 7.38. The summed E-state index contributed by atoms with van der Waals surface area (Å²) in [4.78, 5) is 13.6. The molecule has 0 radical (unpaired) electrons. The van der Waals surface area contributed by atoms with Gasteiger partial charge in [-0.25, -0.2) is 18.7 Å². The van der Waals surface area contributed by atoms with E-state index in [1.807, 2.05) is 30.3 Å². The fourth-order valence-electron chi connectivity index (χ4n) is 5.55. The molecule has 200 valence electrons. The van der Waals surface area contributed by atoms with Crippen molar-refractivity contribution >= 4 is 11.6 Å². The summed E-state index contributed by atoms with van der Waals surface area (Å²) in [6.45, 7) is 3.61. The SMILES string of the molecule is CC(C)(F)[C@H](c1cc(O)cc(C#N)c1F)C1CN([C@@H](c2ccc(Cl)cc2)c2cccc(-c3n[nH]c(=O)o3)c2)C1. The van der Waals surface area contributed by atoms with E-state index in [1.54, 1.807) is 24.3 Å². The van der Waals surface area contributed by atoms with Crippen LogP contribution in [-0.2, 0) is 0 Å². The number of likely N-dealkylation sites (tertiary alicyclic amines) is 1. The number of aromatic amines is 1. The predicted molar refractivity (Wildman–Crippen MR) is 142 cm³/mol. The maximum Gasteiger partial charge on any atom is 0.434 e. The second-order valence-corrected chi connectivity index (χ2v) is 10.7. The van der Waals surface area contributed by atoms with Gasteiger partial charge in [0.1, 0.15) is 23.3 Å². The number of phenolic OH excluding ortho intramolecular Hbond substituents is 1. The number of hydrogen-bond acceptors (Lipinski definition) is 6. The minimum Gasteiger partial charge on any atom is -0.508 e. The van der Waals surface area contributed by atoms with E-state index in [2.05, 4.69) is 15.1 Å². The lowest BCUT2D eigenvalue weighted by molar-refractivity contribution is 0.00705. The molecule has 0 amide bonds. The van der Waals surface area contributed by atoms with E-state index < -0.39 is 23.2 Å². The van der Waals surface area contributed by atoms with Crippen LogP contribution in [0, 0.1) is 23.1 Å². The van der Waals surface area contributed by atoms with Crippen LogP contribution in [0.15, 0.2) is 69.9 Å². The molecule has 2 heterocycles. The second-order valence-electron chi connectivity index (χ2n) is 10.3. The van der Waals surface area contributed by atoms with Crippen LogP contribution in [-0.4, -0.2) is 39.0 Å². The Balaban J connectivity index is 1.50. The van der Waals surface area contributed by atoms with E-state index in [4.69, 9.17) is 16.0 Å². The van der Waals surface area contributed by atoms with Gasteiger partial charge in [-0.3, -0.25) is 4.90 Å². The molecule has 10 heteroatoms. The summed E-state index contributed by atoms with van der Waals surface area (Å²) < 4.78 is 36.0. The summed E-state index contributed by atoms with van der Waals surface area (Å²) in [5.41, 5.74) is 0.259. The highest BCUT2D eigenvalue weighted by molar-refractivity contribution is 6.30. The van der Waals surface area contributed by atoms with Gasteiger partial charge < -0.3 is 9.52 Å². The summed E-state index contributed by atoms with van der Waals surface area (Å²) >= 11 is 6.14. The fraction of sp³-hybridized carbons (Fsp3) is 0.276. The molecule has 0 spiro atoms. The number of H-pyrrole nitrogens is 1. The highest BCUT2D eigenvalue weighted by Gasteiger charge is 2.46. The van der Waals surface area contributed by atoms with Gasteiger partial charge in [0.25, 0.3) is 0 Å². The maximum atomic E-state index is 15.6. The summed E-state index contributed by atoms with van der Waals surface area (Å²) in [5, 5.41) is 26.2. The zero-order valence-electron chi connectivity index (χ0n) is 21.2. The summed E-state index contributed by atoms with van der Waals surface area (Å²) in [5.74, 6) is -2.79. The van der Waals surface area contributed by atoms with Crippen molar-refractivity contribution in [1.29, 1.82) is 5.26 Å². The normalized spacial score (nSPS) is 15.9. The van der Waals surface area contributed by atoms with Crippen LogP contribution in [0.25, 0.3) is 11.5 Å². The number of aromatic nitrogens is 2. The number of nitriles is 1. The molecule has 2 atom stereocenters. The molecule has 39 heavy (non-hydrogen) atoms. The van der Waals surface area contributed by atoms with Crippen LogP contribution in [0.5, 0.6) is 5.75 Å². The number of phenols is 1. The summed E-state index contributed by atoms with van der Waals surface area (Å²) in [7, 11) is 0. The van der Waals surface area contributed by atoms with E-state index in [0.29, 0.717) is 23.7 Å². The third-order valence-electron chi connectivity index (χ3n) is 7.13. The van der Waals surface area contributed by atoms with Crippen molar-refractivity contribution in [1.82, 2.24) is 15.1 Å². The van der Waals surface area contributed by atoms with Crippen LogP contribution < -0.4 is 5.76 Å². The third kappa shape index (κ3) is 5.31. The average molecular weight is 551 g/mol. The molecule has 7 nitrogen and oxygen atoms in total. The Morgan fingerprint density at radius 3 is 2.51 bits per heavy atom. The number of alkyl halides is 1. The lowest BCUT2D eigenvalue weighted by Crippen LogP contribution is -2.54. The molecule has 0 aliphatic carbocycles. The number of rotatable bonds is 7. The minimum atomic E-state index is -1.83. The van der Waals surface area contributed by atoms with E-state index in [-0.39, 0.29) is 34.7 Å². The Morgan fingerprint density at radius 1 is 1.18 bits per heavy atom. The van der Waals surface area contributed by atoms with Gasteiger partial charge in [0.15, 0.2) is 0 Å². The Morgan fingerprint density at radius 2 is 1.90 bits per heavy atom. The zero-order chi connectivity index (χ0) is 27.9. The topological polar surface area (TPSA) is 106 Å². The first-order valence-electron chi connectivity index (χ1n) is 12.3. The molecule has 1 aliphatic heterocycles. The molecule has 1 aromatic heterocycles. The number of nitrogens with one attached hydrogen (secondary N) is 1. The summed E-state index contributed by atoms with van der Waals surface area (Å²) in [6, 6.07) is 18.5. The van der Waals surface area contributed by atoms with E-state index >= 15 is 8.78 Å². The van der Waals surface area contributed by atoms with E-state index in [9.17, 15) is 15.2 Å². The van der Waals surface area contributed by atoms with Gasteiger partial charge in [-0.1, -0.05) is 35.9 Å². The molecule has 5 rings (SSSR count). The maximum absolute atomic E-state index is 15.6. The van der Waals surface area contributed by atoms with Crippen LogP contribution >= 0.6 is 11.6 Å². The van der Waals surface area contributed by atoms with Crippen LogP contribution in [0.4, 0.5) is 8.78 Å². The number of hydrogen-bond donors (Lipinski definition) is 2. The van der Waals surface area contributed by atoms with Crippen LogP contribution in [0.2, 0.25) is 5.02 Å². The Labute approximate surface area is 228 Å². The van der Waals surface area contributed by atoms with Crippen molar-refractivity contribution in [3.63, 3.8) is 0 Å². The highest BCUT2D eigenvalue weighted by atomic mass is 35.5. The summed E-state index contributed by atoms with van der Waals surface area (Å²) in [6.07, 6.45) is 0. The zero-order valence-corrected chi connectivity index (χ0v) is 21.9. The molecule has 3 aromatic carbocycles. The lowest BCUT2D eigenvalue weighted by atomic mass is 9.71. The van der Waals surface area contributed by atoms with Crippen molar-refractivity contribution in [3.8, 4) is 23.3 Å². The molecule has 1 fully saturated rings. The molecule has 2 N–H and O–H groups in total. The van der Waals surface area contributed by atoms with Crippen LogP contribution in [0.3, 0.4) is 0 Å². The van der Waals surface area contributed by atoms with Gasteiger partial charge in [-0.2, -0.15) is 5.26 Å². The highest BCUT2D eigenvalue weighted by Crippen LogP contribution is 2.47. The average Bonchev–Trinajstić information content (AvgIpc) is 3.31. The van der Waals surface area contributed by atoms with Crippen molar-refractivity contribution in [3.05, 3.63) is 104 Å². The fourth-order valence-corrected chi connectivity index (χ4v) is 5.67. The van der Waals surface area contributed by atoms with Gasteiger partial charge in [0.2, 0.25) is 5.89 Å². The quantitative estimate of drug-likeness (QED) is 0.294. The first-order chi connectivity index (χ1) is 18.5. The Kier molecular flexibility index (Phi) is 7.02. The van der Waals surface area contributed by atoms with E-state index in [1.165, 1.54) is 19.9 Å². The first-order valence-corrected chi connectivity index (χ1v) is 12.7. The number of aromatic hydroxyl groups is 1. The first kappa shape index (κ1) is 26.6. The second kappa shape index (κ2) is 10.3. The molecular weight excluding hydrogens is 526 g/mol. The molecule has 1 aliphatic rings. The number of nitrogens with zero attached hydrogens (tertiary/aromatic N) is 3. The van der Waals surface area contributed by atoms with E-state index in [0.717, 1.165) is 17.2 Å². The Hall–Kier alpha value is -4.00. The predicted octanol–water partition coefficient (Wildman–Crippen LogP) is 5.95. The number of halogens is 3. The molecular formula is C29H25ClF2N4O3. The standard InChI is InChI=1S/C29H25ClF2N4O3/c1-29(2,32)24(23-12-22(37)11-19(13-33)25(23)31)20-14-36(15-20)26(16-6-8-21(30)9-7-16)17-4-3-5-18(10-17)27-34-35-28(38)39-27/h3-12,20,24,26,37H,14-15H2,1-2H3,(H,35,38)/t24-,26-/m0/s1. The molecule has 0 saturated carbocycles. The van der Waals surface area contributed by atoms with Crippen molar-refractivity contribution in [2.75, 3.05) is 13.1 Å². The van der Waals surface area contributed by atoms with Gasteiger partial charge in [-0.15, -0.1) is 5.10 Å². The molecule has 0 unspecified atom stereocenters. The minimum absolute atomic E-state index is 0.0118. The van der Waals surface area contributed by atoms with Gasteiger partial charge in [-0.05, 0) is 66.8 Å². The lowest BCUT2D eigenvalue weighted by Gasteiger charge is -2.50. The van der Waals surface area contributed by atoms with Crippen molar-refractivity contribution in [2.45, 2.75) is 31.5 Å². The van der Waals surface area contributed by atoms with Gasteiger partial charge in [0, 0.05) is 35.7 Å². The molecule has 4 aromatic rings. The molecule has 0 bridgehead atoms. The monoisotopic (exact) mass is 550 g/mol. The van der Waals surface area contributed by atoms with Gasteiger partial charge in [0.05, 0.1) is 11.6 Å². The van der Waals surface area contributed by atoms with Gasteiger partial charge >= 0.3 is 5.76 Å². The number of benzene rings is 3. The van der Waals surface area contributed by atoms with Crippen molar-refractivity contribution in [2.24, 2.45) is 5.92 Å². The van der Waals surface area contributed by atoms with Crippen LogP contribution in [0.1, 0.15) is 48.1 Å². The van der Waals surface area contributed by atoms with Crippen molar-refractivity contribution < 1.29 is 18.3 Å². The Bertz CT molecular complexity index is 1600. The smallest absolute Gasteiger partial charge is 0.434 e. The molecule has 1 saturated heterocycles. The largest absolute Gasteiger partial charge is 0.508 e.